The molecular weight excluding hydrogens is 280 g/mol. The van der Waals surface area contributed by atoms with Crippen molar-refractivity contribution in [1.29, 1.82) is 0 Å². The predicted octanol–water partition coefficient (Wildman–Crippen LogP) is 2.91. The molecule has 4 nitrogen and oxygen atoms in total. The first-order valence-electron chi connectivity index (χ1n) is 8.11. The molecule has 1 aromatic rings. The molecule has 0 radical (unpaired) electrons. The molecule has 0 unspecified atom stereocenters. The van der Waals surface area contributed by atoms with E-state index in [1.165, 1.54) is 44.9 Å². The van der Waals surface area contributed by atoms with E-state index in [1.54, 1.807) is 0 Å². The minimum atomic E-state index is 0.466. The summed E-state index contributed by atoms with van der Waals surface area (Å²) in [4.78, 5) is 2.91. The molecule has 5 heteroatoms. The molecule has 0 bridgehead atoms. The van der Waals surface area contributed by atoms with Crippen molar-refractivity contribution < 1.29 is 0 Å². The van der Waals surface area contributed by atoms with Crippen molar-refractivity contribution >= 4 is 23.0 Å². The van der Waals surface area contributed by atoms with Crippen molar-refractivity contribution in [3.63, 3.8) is 0 Å². The van der Waals surface area contributed by atoms with E-state index in [0.717, 1.165) is 30.2 Å². The number of hydrogen-bond donors (Lipinski definition) is 1. The van der Waals surface area contributed by atoms with Crippen molar-refractivity contribution in [1.82, 2.24) is 9.78 Å². The highest BCUT2D eigenvalue weighted by Crippen LogP contribution is 2.45. The molecule has 3 rings (SSSR count). The highest BCUT2D eigenvalue weighted by Gasteiger charge is 2.36. The lowest BCUT2D eigenvalue weighted by atomic mass is 9.68. The average molecular weight is 306 g/mol. The smallest absolute Gasteiger partial charge is 0.137 e. The van der Waals surface area contributed by atoms with Crippen molar-refractivity contribution in [2.75, 3.05) is 18.0 Å². The van der Waals surface area contributed by atoms with Gasteiger partial charge in [-0.2, -0.15) is 5.10 Å². The average Bonchev–Trinajstić information content (AvgIpc) is 2.75. The van der Waals surface area contributed by atoms with Crippen LogP contribution in [0.5, 0.6) is 0 Å². The molecule has 2 aliphatic rings. The number of piperidine rings is 1. The van der Waals surface area contributed by atoms with Crippen LogP contribution in [0.15, 0.2) is 0 Å². The summed E-state index contributed by atoms with van der Waals surface area (Å²) in [6.45, 7) is 4.20. The monoisotopic (exact) mass is 306 g/mol. The molecule has 1 spiro atoms. The third-order valence-electron chi connectivity index (χ3n) is 5.48. The summed E-state index contributed by atoms with van der Waals surface area (Å²) in [6, 6.07) is 0. The minimum absolute atomic E-state index is 0.466. The van der Waals surface area contributed by atoms with Gasteiger partial charge in [0.2, 0.25) is 0 Å². The van der Waals surface area contributed by atoms with E-state index in [4.69, 9.17) is 18.0 Å². The minimum Gasteiger partial charge on any atom is -0.389 e. The van der Waals surface area contributed by atoms with Crippen LogP contribution < -0.4 is 10.6 Å². The van der Waals surface area contributed by atoms with Crippen LogP contribution in [0.25, 0.3) is 0 Å². The van der Waals surface area contributed by atoms with Crippen molar-refractivity contribution in [2.24, 2.45) is 18.2 Å². The maximum absolute atomic E-state index is 5.92. The van der Waals surface area contributed by atoms with E-state index in [-0.39, 0.29) is 0 Å². The zero-order chi connectivity index (χ0) is 15.0. The Labute approximate surface area is 132 Å². The second-order valence-corrected chi connectivity index (χ2v) is 7.26. The van der Waals surface area contributed by atoms with Crippen molar-refractivity contribution in [3.05, 3.63) is 11.3 Å². The molecule has 0 atom stereocenters. The van der Waals surface area contributed by atoms with Crippen LogP contribution in [0.4, 0.5) is 5.82 Å². The van der Waals surface area contributed by atoms with Crippen molar-refractivity contribution in [2.45, 2.75) is 51.9 Å². The summed E-state index contributed by atoms with van der Waals surface area (Å²) < 4.78 is 1.95. The summed E-state index contributed by atoms with van der Waals surface area (Å²) in [5.74, 6) is 1.12. The van der Waals surface area contributed by atoms with Gasteiger partial charge in [-0.15, -0.1) is 0 Å². The number of thiocarbonyl (C=S) groups is 1. The first-order chi connectivity index (χ1) is 10.0. The van der Waals surface area contributed by atoms with Crippen molar-refractivity contribution in [3.8, 4) is 0 Å². The molecule has 0 aromatic carbocycles. The second kappa shape index (κ2) is 5.59. The number of rotatable bonds is 2. The summed E-state index contributed by atoms with van der Waals surface area (Å²) in [6.07, 6.45) is 9.71. The van der Waals surface area contributed by atoms with E-state index in [2.05, 4.69) is 10.00 Å². The van der Waals surface area contributed by atoms with Gasteiger partial charge in [-0.1, -0.05) is 31.5 Å². The summed E-state index contributed by atoms with van der Waals surface area (Å²) in [5, 5.41) is 4.52. The van der Waals surface area contributed by atoms with Gasteiger partial charge in [0.05, 0.1) is 11.3 Å². The van der Waals surface area contributed by atoms with Gasteiger partial charge < -0.3 is 10.6 Å². The van der Waals surface area contributed by atoms with Gasteiger partial charge in [-0.05, 0) is 38.0 Å². The molecule has 1 saturated carbocycles. The zero-order valence-corrected chi connectivity index (χ0v) is 14.0. The number of aromatic nitrogens is 2. The summed E-state index contributed by atoms with van der Waals surface area (Å²) >= 11 is 5.24. The van der Waals surface area contributed by atoms with Crippen LogP contribution in [0.3, 0.4) is 0 Å². The lowest BCUT2D eigenvalue weighted by Gasteiger charge is -2.45. The molecule has 21 heavy (non-hydrogen) atoms. The van der Waals surface area contributed by atoms with Gasteiger partial charge in [-0.3, -0.25) is 4.68 Å². The number of nitrogens with two attached hydrogens (primary N) is 1. The van der Waals surface area contributed by atoms with Gasteiger partial charge in [-0.25, -0.2) is 0 Å². The standard InChI is InChI=1S/C16H26N4S/c1-12-13(14(17)21)15(19(2)18-12)20-10-8-16(9-11-20)6-4-3-5-7-16/h3-11H2,1-2H3,(H2,17,21). The fourth-order valence-corrected chi connectivity index (χ4v) is 4.53. The Morgan fingerprint density at radius 3 is 2.33 bits per heavy atom. The molecular formula is C16H26N4S. The van der Waals surface area contributed by atoms with Crippen LogP contribution in [0, 0.1) is 12.3 Å². The first-order valence-corrected chi connectivity index (χ1v) is 8.52. The maximum atomic E-state index is 5.92. The lowest BCUT2D eigenvalue weighted by Crippen LogP contribution is -2.42. The van der Waals surface area contributed by atoms with Gasteiger partial charge in [0.25, 0.3) is 0 Å². The zero-order valence-electron chi connectivity index (χ0n) is 13.2. The van der Waals surface area contributed by atoms with Crippen LogP contribution >= 0.6 is 12.2 Å². The molecule has 1 aliphatic heterocycles. The van der Waals surface area contributed by atoms with Crippen LogP contribution in [-0.2, 0) is 7.05 Å². The Morgan fingerprint density at radius 1 is 1.14 bits per heavy atom. The number of aryl methyl sites for hydroxylation is 2. The third-order valence-corrected chi connectivity index (χ3v) is 5.68. The fourth-order valence-electron chi connectivity index (χ4n) is 4.29. The predicted molar refractivity (Wildman–Crippen MR) is 90.8 cm³/mol. The molecule has 1 saturated heterocycles. The lowest BCUT2D eigenvalue weighted by molar-refractivity contribution is 0.144. The van der Waals surface area contributed by atoms with E-state index in [9.17, 15) is 0 Å². The quantitative estimate of drug-likeness (QED) is 0.854. The van der Waals surface area contributed by atoms with Gasteiger partial charge in [0.1, 0.15) is 10.8 Å². The SMILES string of the molecule is Cc1nn(C)c(N2CCC3(CCCCC3)CC2)c1C(N)=S. The maximum Gasteiger partial charge on any atom is 0.137 e. The Hall–Kier alpha value is -1.10. The largest absolute Gasteiger partial charge is 0.389 e. The van der Waals surface area contributed by atoms with Crippen LogP contribution in [0.1, 0.15) is 56.2 Å². The third kappa shape index (κ3) is 2.68. The molecule has 0 amide bonds. The Bertz CT molecular complexity index is 533. The number of hydrogen-bond acceptors (Lipinski definition) is 3. The first kappa shape index (κ1) is 14.8. The molecule has 1 aliphatic carbocycles. The van der Waals surface area contributed by atoms with E-state index in [1.807, 2.05) is 18.7 Å². The summed E-state index contributed by atoms with van der Waals surface area (Å²) in [5.41, 5.74) is 8.45. The Morgan fingerprint density at radius 2 is 1.76 bits per heavy atom. The Balaban J connectivity index is 1.79. The normalized spacial score (nSPS) is 21.7. The molecule has 2 fully saturated rings. The van der Waals surface area contributed by atoms with E-state index in [0.29, 0.717) is 10.4 Å². The molecule has 1 aromatic heterocycles. The fraction of sp³-hybridized carbons (Fsp3) is 0.750. The highest BCUT2D eigenvalue weighted by molar-refractivity contribution is 7.80. The van der Waals surface area contributed by atoms with E-state index >= 15 is 0 Å². The number of anilines is 1. The highest BCUT2D eigenvalue weighted by atomic mass is 32.1. The Kier molecular flexibility index (Phi) is 3.95. The van der Waals surface area contributed by atoms with E-state index < -0.39 is 0 Å². The van der Waals surface area contributed by atoms with Gasteiger partial charge in [0, 0.05) is 20.1 Å². The number of nitrogens with zero attached hydrogens (tertiary/aromatic N) is 3. The van der Waals surface area contributed by atoms with Gasteiger partial charge >= 0.3 is 0 Å². The molecule has 116 valence electrons. The van der Waals surface area contributed by atoms with Crippen LogP contribution in [0.2, 0.25) is 0 Å². The summed E-state index contributed by atoms with van der Waals surface area (Å²) in [7, 11) is 2.00. The second-order valence-electron chi connectivity index (χ2n) is 6.82. The molecule has 2 heterocycles. The topological polar surface area (TPSA) is 47.1 Å². The van der Waals surface area contributed by atoms with Crippen LogP contribution in [-0.4, -0.2) is 27.9 Å². The molecule has 2 N–H and O–H groups in total. The van der Waals surface area contributed by atoms with Gasteiger partial charge in [0.15, 0.2) is 0 Å².